The third-order valence-corrected chi connectivity index (χ3v) is 5.49. The zero-order chi connectivity index (χ0) is 17.1. The maximum absolute atomic E-state index is 12.3. The zero-order valence-corrected chi connectivity index (χ0v) is 15.0. The molecule has 24 heavy (non-hydrogen) atoms. The number of amides is 1. The summed E-state index contributed by atoms with van der Waals surface area (Å²) in [5, 5.41) is 4.07. The average Bonchev–Trinajstić information content (AvgIpc) is 2.96. The van der Waals surface area contributed by atoms with Gasteiger partial charge in [0, 0.05) is 18.5 Å². The van der Waals surface area contributed by atoms with Crippen molar-refractivity contribution >= 4 is 39.2 Å². The van der Waals surface area contributed by atoms with Gasteiger partial charge < -0.3 is 5.32 Å². The summed E-state index contributed by atoms with van der Waals surface area (Å²) in [5.41, 5.74) is 0.980. The van der Waals surface area contributed by atoms with Gasteiger partial charge in [0.15, 0.2) is 5.16 Å². The summed E-state index contributed by atoms with van der Waals surface area (Å²) in [6.45, 7) is 2.45. The van der Waals surface area contributed by atoms with Gasteiger partial charge in [-0.05, 0) is 18.6 Å². The van der Waals surface area contributed by atoms with Crippen molar-refractivity contribution in [1.29, 1.82) is 0 Å². The predicted octanol–water partition coefficient (Wildman–Crippen LogP) is 2.71. The number of rotatable bonds is 5. The molecule has 1 N–H and O–H groups in total. The van der Waals surface area contributed by atoms with Gasteiger partial charge in [-0.2, -0.15) is 0 Å². The predicted molar refractivity (Wildman–Crippen MR) is 98.6 cm³/mol. The number of nitrogens with one attached hydrogen (secondary N) is 1. The maximum Gasteiger partial charge on any atom is 0.262 e. The molecule has 0 spiro atoms. The van der Waals surface area contributed by atoms with Crippen molar-refractivity contribution in [3.8, 4) is 0 Å². The molecular formula is C17H17N3O2S2. The van der Waals surface area contributed by atoms with Gasteiger partial charge in [-0.3, -0.25) is 14.2 Å². The third kappa shape index (κ3) is 3.68. The largest absolute Gasteiger partial charge is 0.351 e. The number of hydrogen-bond acceptors (Lipinski definition) is 5. The summed E-state index contributed by atoms with van der Waals surface area (Å²) < 4.78 is 1.50. The molecule has 1 aromatic carbocycles. The maximum atomic E-state index is 12.3. The number of carbonyl (C=O) groups is 1. The van der Waals surface area contributed by atoms with Gasteiger partial charge >= 0.3 is 0 Å². The molecule has 0 fully saturated rings. The molecular weight excluding hydrogens is 342 g/mol. The average molecular weight is 359 g/mol. The second kappa shape index (κ2) is 7.19. The van der Waals surface area contributed by atoms with E-state index in [1.165, 1.54) is 27.7 Å². The van der Waals surface area contributed by atoms with Crippen LogP contribution in [0.15, 0.2) is 46.3 Å². The van der Waals surface area contributed by atoms with Gasteiger partial charge in [0.05, 0.1) is 11.1 Å². The molecule has 3 aromatic rings. The topological polar surface area (TPSA) is 64.0 Å². The number of aromatic nitrogens is 2. The van der Waals surface area contributed by atoms with Gasteiger partial charge in [-0.1, -0.05) is 42.1 Å². The second-order valence-electron chi connectivity index (χ2n) is 5.39. The van der Waals surface area contributed by atoms with E-state index in [1.54, 1.807) is 7.05 Å². The fourth-order valence-electron chi connectivity index (χ4n) is 2.27. The molecule has 0 radical (unpaired) electrons. The first-order valence-electron chi connectivity index (χ1n) is 7.45. The van der Waals surface area contributed by atoms with E-state index in [2.05, 4.69) is 10.3 Å². The van der Waals surface area contributed by atoms with Crippen LogP contribution in [0.3, 0.4) is 0 Å². The summed E-state index contributed by atoms with van der Waals surface area (Å²) >= 11 is 2.77. The van der Waals surface area contributed by atoms with Crippen LogP contribution in [-0.4, -0.2) is 21.2 Å². The van der Waals surface area contributed by atoms with Crippen LogP contribution >= 0.6 is 23.1 Å². The Kier molecular flexibility index (Phi) is 5.01. The lowest BCUT2D eigenvalue weighted by atomic mass is 10.2. The van der Waals surface area contributed by atoms with Crippen molar-refractivity contribution in [2.45, 2.75) is 18.6 Å². The minimum absolute atomic E-state index is 0.0726. The Bertz CT molecular complexity index is 932. The van der Waals surface area contributed by atoms with Gasteiger partial charge in [-0.25, -0.2) is 4.98 Å². The molecule has 0 saturated heterocycles. The van der Waals surface area contributed by atoms with Crippen LogP contribution in [0.1, 0.15) is 10.4 Å². The summed E-state index contributed by atoms with van der Waals surface area (Å²) in [6.07, 6.45) is 0. The summed E-state index contributed by atoms with van der Waals surface area (Å²) in [4.78, 5) is 30.6. The molecule has 0 unspecified atom stereocenters. The van der Waals surface area contributed by atoms with E-state index < -0.39 is 0 Å². The first-order valence-corrected chi connectivity index (χ1v) is 9.25. The lowest BCUT2D eigenvalue weighted by molar-refractivity contribution is -0.118. The first kappa shape index (κ1) is 16.7. The molecule has 5 nitrogen and oxygen atoms in total. The standard InChI is InChI=1S/C17H17N3O2S2/c1-11-8-13-15(24-11)19-17(20(2)16(13)22)23-10-14(21)18-9-12-6-4-3-5-7-12/h3-8H,9-10H2,1-2H3,(H,18,21). The van der Waals surface area contributed by atoms with Crippen LogP contribution in [0.25, 0.3) is 10.2 Å². The van der Waals surface area contributed by atoms with E-state index in [-0.39, 0.29) is 17.2 Å². The highest BCUT2D eigenvalue weighted by Gasteiger charge is 2.12. The molecule has 0 aliphatic heterocycles. The number of carbonyl (C=O) groups excluding carboxylic acids is 1. The Morgan fingerprint density at radius 3 is 2.83 bits per heavy atom. The fourth-order valence-corrected chi connectivity index (χ4v) is 4.00. The first-order chi connectivity index (χ1) is 11.5. The Hall–Kier alpha value is -2.12. The van der Waals surface area contributed by atoms with Crippen LogP contribution in [0, 0.1) is 6.92 Å². The Morgan fingerprint density at radius 2 is 2.08 bits per heavy atom. The molecule has 3 rings (SSSR count). The Balaban J connectivity index is 1.66. The highest BCUT2D eigenvalue weighted by Crippen LogP contribution is 2.23. The minimum atomic E-state index is -0.0828. The van der Waals surface area contributed by atoms with Crippen molar-refractivity contribution in [3.63, 3.8) is 0 Å². The second-order valence-corrected chi connectivity index (χ2v) is 7.56. The molecule has 7 heteroatoms. The Morgan fingerprint density at radius 1 is 1.33 bits per heavy atom. The fraction of sp³-hybridized carbons (Fsp3) is 0.235. The molecule has 2 heterocycles. The SMILES string of the molecule is Cc1cc2c(=O)n(C)c(SCC(=O)NCc3ccccc3)nc2s1. The molecule has 0 aliphatic carbocycles. The van der Waals surface area contributed by atoms with E-state index in [9.17, 15) is 9.59 Å². The highest BCUT2D eigenvalue weighted by molar-refractivity contribution is 7.99. The molecule has 1 amide bonds. The number of fused-ring (bicyclic) bond motifs is 1. The number of thioether (sulfide) groups is 1. The van der Waals surface area contributed by atoms with Crippen LogP contribution in [0.4, 0.5) is 0 Å². The van der Waals surface area contributed by atoms with Gasteiger partial charge in [0.25, 0.3) is 5.56 Å². The van der Waals surface area contributed by atoms with Crippen molar-refractivity contribution in [2.24, 2.45) is 7.05 Å². The van der Waals surface area contributed by atoms with Gasteiger partial charge in [0.1, 0.15) is 4.83 Å². The van der Waals surface area contributed by atoms with Gasteiger partial charge in [-0.15, -0.1) is 11.3 Å². The highest BCUT2D eigenvalue weighted by atomic mass is 32.2. The van der Waals surface area contributed by atoms with Crippen LogP contribution in [0.2, 0.25) is 0 Å². The molecule has 0 saturated carbocycles. The smallest absolute Gasteiger partial charge is 0.262 e. The molecule has 0 bridgehead atoms. The number of thiophene rings is 1. The van der Waals surface area contributed by atoms with Crippen molar-refractivity contribution in [3.05, 3.63) is 57.2 Å². The zero-order valence-electron chi connectivity index (χ0n) is 13.4. The van der Waals surface area contributed by atoms with Crippen molar-refractivity contribution < 1.29 is 4.79 Å². The number of benzene rings is 1. The minimum Gasteiger partial charge on any atom is -0.351 e. The van der Waals surface area contributed by atoms with Crippen LogP contribution in [0.5, 0.6) is 0 Å². The third-order valence-electron chi connectivity index (χ3n) is 3.52. The summed E-state index contributed by atoms with van der Waals surface area (Å²) in [6, 6.07) is 11.6. The number of nitrogens with zero attached hydrogens (tertiary/aromatic N) is 2. The van der Waals surface area contributed by atoms with Gasteiger partial charge in [0.2, 0.25) is 5.91 Å². The Labute approximate surface area is 147 Å². The normalized spacial score (nSPS) is 10.9. The molecule has 2 aromatic heterocycles. The van der Waals surface area contributed by atoms with Crippen molar-refractivity contribution in [1.82, 2.24) is 14.9 Å². The number of hydrogen-bond donors (Lipinski definition) is 1. The lowest BCUT2D eigenvalue weighted by Gasteiger charge is -2.08. The van der Waals surface area contributed by atoms with E-state index in [0.29, 0.717) is 17.1 Å². The molecule has 124 valence electrons. The van der Waals surface area contributed by atoms with Crippen LogP contribution < -0.4 is 10.9 Å². The van der Waals surface area contributed by atoms with E-state index in [4.69, 9.17) is 0 Å². The number of aryl methyl sites for hydroxylation is 1. The van der Waals surface area contributed by atoms with Crippen molar-refractivity contribution in [2.75, 3.05) is 5.75 Å². The monoisotopic (exact) mass is 359 g/mol. The van der Waals surface area contributed by atoms with Crippen LogP contribution in [-0.2, 0) is 18.4 Å². The molecule has 0 aliphatic rings. The summed E-state index contributed by atoms with van der Waals surface area (Å²) in [5.74, 6) is 0.142. The lowest BCUT2D eigenvalue weighted by Crippen LogP contribution is -2.25. The van der Waals surface area contributed by atoms with E-state index in [1.807, 2.05) is 43.3 Å². The summed E-state index contributed by atoms with van der Waals surface area (Å²) in [7, 11) is 1.69. The molecule has 0 atom stereocenters. The quantitative estimate of drug-likeness (QED) is 0.562. The van der Waals surface area contributed by atoms with E-state index in [0.717, 1.165) is 15.3 Å². The van der Waals surface area contributed by atoms with E-state index >= 15 is 0 Å².